The third-order valence-electron chi connectivity index (χ3n) is 1.95. The van der Waals surface area contributed by atoms with E-state index in [0.29, 0.717) is 0 Å². The van der Waals surface area contributed by atoms with Crippen LogP contribution in [0.25, 0.3) is 0 Å². The van der Waals surface area contributed by atoms with Crippen LogP contribution in [0.2, 0.25) is 0 Å². The highest BCUT2D eigenvalue weighted by molar-refractivity contribution is 7.90. The lowest BCUT2D eigenvalue weighted by Gasteiger charge is -2.17. The third kappa shape index (κ3) is 2.71. The fraction of sp³-hybridized carbons (Fsp3) is 0.400. The molecule has 1 aromatic carbocycles. The zero-order chi connectivity index (χ0) is 11.6. The molecule has 0 aliphatic heterocycles. The minimum Gasteiger partial charge on any atom is -0.206 e. The van der Waals surface area contributed by atoms with Crippen molar-refractivity contribution in [1.29, 1.82) is 0 Å². The van der Waals surface area contributed by atoms with E-state index in [9.17, 15) is 8.42 Å². The molecule has 0 heterocycles. The van der Waals surface area contributed by atoms with E-state index in [0.717, 1.165) is 9.39 Å². The number of benzene rings is 1. The van der Waals surface area contributed by atoms with E-state index in [1.54, 1.807) is 38.1 Å². The van der Waals surface area contributed by atoms with Gasteiger partial charge in [-0.05, 0) is 44.7 Å². The molecule has 0 spiro atoms. The molecule has 0 aromatic heterocycles. The van der Waals surface area contributed by atoms with Gasteiger partial charge in [-0.2, -0.15) is 0 Å². The molecule has 0 atom stereocenters. The van der Waals surface area contributed by atoms with Gasteiger partial charge in [0.1, 0.15) is 0 Å². The zero-order valence-electron chi connectivity index (χ0n) is 8.94. The maximum Gasteiger partial charge on any atom is 0.256 e. The van der Waals surface area contributed by atoms with E-state index >= 15 is 0 Å². The van der Waals surface area contributed by atoms with E-state index in [1.165, 1.54) is 0 Å². The summed E-state index contributed by atoms with van der Waals surface area (Å²) < 4.78 is 24.6. The molecule has 3 nitrogen and oxygen atoms in total. The molecule has 0 amide bonds. The summed E-state index contributed by atoms with van der Waals surface area (Å²) in [5, 5.41) is 0. The fourth-order valence-electron chi connectivity index (χ4n) is 1.09. The second-order valence-electron chi connectivity index (χ2n) is 3.65. The quantitative estimate of drug-likeness (QED) is 0.770. The molecular weight excluding hydrogens is 234 g/mol. The van der Waals surface area contributed by atoms with Gasteiger partial charge in [-0.25, -0.2) is 8.42 Å². The Morgan fingerprint density at radius 2 is 1.67 bits per heavy atom. The van der Waals surface area contributed by atoms with Crippen LogP contribution in [0.15, 0.2) is 29.2 Å². The summed E-state index contributed by atoms with van der Waals surface area (Å²) in [6.07, 6.45) is 0. The van der Waals surface area contributed by atoms with E-state index in [1.807, 2.05) is 6.92 Å². The molecule has 0 aliphatic carbocycles. The van der Waals surface area contributed by atoms with Gasteiger partial charge < -0.3 is 0 Å². The van der Waals surface area contributed by atoms with Crippen LogP contribution >= 0.6 is 11.8 Å². The van der Waals surface area contributed by atoms with Crippen LogP contribution in [-0.4, -0.2) is 18.3 Å². The Balaban J connectivity index is 3.12. The van der Waals surface area contributed by atoms with E-state index in [4.69, 9.17) is 11.8 Å². The monoisotopic (exact) mass is 247 g/mol. The highest BCUT2D eigenvalue weighted by Crippen LogP contribution is 2.20. The Morgan fingerprint density at radius 3 is 2.07 bits per heavy atom. The first kappa shape index (κ1) is 12.5. The Bertz CT molecular complexity index is 425. The first-order chi connectivity index (χ1) is 6.85. The van der Waals surface area contributed by atoms with Crippen LogP contribution in [0, 0.1) is 6.92 Å². The smallest absolute Gasteiger partial charge is 0.206 e. The van der Waals surface area contributed by atoms with E-state index < -0.39 is 10.0 Å². The number of hydrogen-bond donors (Lipinski definition) is 0. The van der Waals surface area contributed by atoms with Gasteiger partial charge in [0.05, 0.1) is 4.90 Å². The van der Waals surface area contributed by atoms with Crippen molar-refractivity contribution in [2.75, 3.05) is 0 Å². The Morgan fingerprint density at radius 1 is 1.20 bits per heavy atom. The van der Waals surface area contributed by atoms with Gasteiger partial charge in [-0.1, -0.05) is 17.7 Å². The second kappa shape index (κ2) is 4.51. The minimum atomic E-state index is -3.56. The molecule has 0 radical (unpaired) electrons. The predicted octanol–water partition coefficient (Wildman–Crippen LogP) is 2.55. The zero-order valence-corrected chi connectivity index (χ0v) is 10.5. The molecule has 0 fully saturated rings. The second-order valence-corrected chi connectivity index (χ2v) is 6.03. The molecule has 5 heteroatoms. The fourth-order valence-corrected chi connectivity index (χ4v) is 2.56. The van der Waals surface area contributed by atoms with Gasteiger partial charge in [0, 0.05) is 6.04 Å². The van der Waals surface area contributed by atoms with Crippen molar-refractivity contribution in [1.82, 2.24) is 3.82 Å². The highest BCUT2D eigenvalue weighted by atomic mass is 35.5. The lowest BCUT2D eigenvalue weighted by atomic mass is 10.2. The van der Waals surface area contributed by atoms with Crippen LogP contribution in [0.4, 0.5) is 0 Å². The molecule has 0 N–H and O–H groups in total. The Kier molecular flexibility index (Phi) is 3.76. The summed E-state index contributed by atoms with van der Waals surface area (Å²) >= 11 is 5.73. The van der Waals surface area contributed by atoms with Gasteiger partial charge in [0.15, 0.2) is 0 Å². The molecule has 0 unspecified atom stereocenters. The Hall–Kier alpha value is -0.580. The molecular formula is C10H14ClNO2S. The van der Waals surface area contributed by atoms with Crippen LogP contribution in [-0.2, 0) is 10.0 Å². The van der Waals surface area contributed by atoms with Crippen molar-refractivity contribution in [2.24, 2.45) is 0 Å². The first-order valence-electron chi connectivity index (χ1n) is 4.62. The third-order valence-corrected chi connectivity index (χ3v) is 4.64. The van der Waals surface area contributed by atoms with E-state index in [-0.39, 0.29) is 10.9 Å². The van der Waals surface area contributed by atoms with Crippen molar-refractivity contribution in [2.45, 2.75) is 31.7 Å². The molecule has 1 aromatic rings. The van der Waals surface area contributed by atoms with Crippen LogP contribution in [0.3, 0.4) is 0 Å². The van der Waals surface area contributed by atoms with Gasteiger partial charge in [0.2, 0.25) is 0 Å². The number of hydrogen-bond acceptors (Lipinski definition) is 2. The standard InChI is InChI=1S/C10H14ClNO2S/c1-8(2)12(11)15(13,14)10-6-4-9(3)5-7-10/h4-8H,1-3H3. The topological polar surface area (TPSA) is 37.4 Å². The number of rotatable bonds is 3. The van der Waals surface area contributed by atoms with Gasteiger partial charge >= 0.3 is 0 Å². The Labute approximate surface area is 95.8 Å². The number of aryl methyl sites for hydroxylation is 1. The summed E-state index contributed by atoms with van der Waals surface area (Å²) in [6, 6.07) is 6.35. The molecule has 0 bridgehead atoms. The normalized spacial score (nSPS) is 12.4. The number of nitrogens with zero attached hydrogens (tertiary/aromatic N) is 1. The van der Waals surface area contributed by atoms with Gasteiger partial charge in [-0.3, -0.25) is 0 Å². The van der Waals surface area contributed by atoms with Crippen molar-refractivity contribution in [3.63, 3.8) is 0 Å². The molecule has 84 valence electrons. The lowest BCUT2D eigenvalue weighted by Crippen LogP contribution is -2.28. The number of sulfonamides is 1. The molecule has 0 saturated heterocycles. The van der Waals surface area contributed by atoms with Crippen molar-refractivity contribution in [3.05, 3.63) is 29.8 Å². The predicted molar refractivity (Wildman–Crippen MR) is 61.2 cm³/mol. The van der Waals surface area contributed by atoms with Crippen LogP contribution in [0.1, 0.15) is 19.4 Å². The van der Waals surface area contributed by atoms with Crippen molar-refractivity contribution >= 4 is 21.8 Å². The molecule has 0 aliphatic rings. The van der Waals surface area contributed by atoms with Gasteiger partial charge in [0.25, 0.3) is 10.0 Å². The molecule has 15 heavy (non-hydrogen) atoms. The molecule has 0 saturated carbocycles. The largest absolute Gasteiger partial charge is 0.256 e. The summed E-state index contributed by atoms with van der Waals surface area (Å²) in [5.74, 6) is 0. The molecule has 1 rings (SSSR count). The highest BCUT2D eigenvalue weighted by Gasteiger charge is 2.24. The average molecular weight is 248 g/mol. The van der Waals surface area contributed by atoms with E-state index in [2.05, 4.69) is 0 Å². The summed E-state index contributed by atoms with van der Waals surface area (Å²) in [5.41, 5.74) is 1.01. The summed E-state index contributed by atoms with van der Waals surface area (Å²) in [6.45, 7) is 5.34. The van der Waals surface area contributed by atoms with Crippen LogP contribution in [0.5, 0.6) is 0 Å². The van der Waals surface area contributed by atoms with Crippen molar-refractivity contribution in [3.8, 4) is 0 Å². The van der Waals surface area contributed by atoms with Crippen LogP contribution < -0.4 is 0 Å². The summed E-state index contributed by atoms with van der Waals surface area (Å²) in [4.78, 5) is 0.219. The van der Waals surface area contributed by atoms with Gasteiger partial charge in [-0.15, -0.1) is 3.82 Å². The average Bonchev–Trinajstić information content (AvgIpc) is 2.17. The lowest BCUT2D eigenvalue weighted by molar-refractivity contribution is 0.493. The van der Waals surface area contributed by atoms with Crippen molar-refractivity contribution < 1.29 is 8.42 Å². The number of halogens is 1. The first-order valence-corrected chi connectivity index (χ1v) is 6.40. The maximum absolute atomic E-state index is 11.9. The summed E-state index contributed by atoms with van der Waals surface area (Å²) in [7, 11) is -3.56. The SMILES string of the molecule is Cc1ccc(S(=O)(=O)N(Cl)C(C)C)cc1. The maximum atomic E-state index is 11.9. The minimum absolute atomic E-state index is 0.219.